The van der Waals surface area contributed by atoms with Crippen LogP contribution in [0, 0.1) is 0 Å². The minimum Gasteiger partial charge on any atom is -0.497 e. The second-order valence-electron chi connectivity index (χ2n) is 8.60. The van der Waals surface area contributed by atoms with E-state index in [4.69, 9.17) is 4.74 Å². The maximum Gasteiger partial charge on any atom is 0.336 e. The number of nitrogens with one attached hydrogen (secondary N) is 2. The highest BCUT2D eigenvalue weighted by Gasteiger charge is 2.17. The van der Waals surface area contributed by atoms with Gasteiger partial charge in [-0.2, -0.15) is 0 Å². The van der Waals surface area contributed by atoms with E-state index in [1.807, 2.05) is 35.7 Å². The summed E-state index contributed by atoms with van der Waals surface area (Å²) in [7, 11) is 1.61. The summed E-state index contributed by atoms with van der Waals surface area (Å²) >= 11 is 2.66. The van der Waals surface area contributed by atoms with Crippen LogP contribution in [0.1, 0.15) is 20.7 Å². The number of aromatic nitrogens is 1. The largest absolute Gasteiger partial charge is 0.497 e. The molecule has 1 aromatic heterocycles. The molecule has 0 unspecified atom stereocenters. The number of carbonyl (C=O) groups is 3. The van der Waals surface area contributed by atoms with Crippen molar-refractivity contribution in [1.82, 2.24) is 4.98 Å². The van der Waals surface area contributed by atoms with E-state index < -0.39 is 11.9 Å². The van der Waals surface area contributed by atoms with Crippen LogP contribution in [0.2, 0.25) is 0 Å². The molecule has 2 amide bonds. The number of benzene rings is 4. The molecule has 0 bridgehead atoms. The number of hydrogen-bond donors (Lipinski definition) is 3. The Morgan fingerprint density at radius 3 is 2.45 bits per heavy atom. The number of nitrogens with zero attached hydrogens (tertiary/aromatic N) is 1. The van der Waals surface area contributed by atoms with Gasteiger partial charge in [0.1, 0.15) is 5.75 Å². The van der Waals surface area contributed by atoms with Crippen LogP contribution in [0.4, 0.5) is 10.8 Å². The van der Waals surface area contributed by atoms with E-state index in [-0.39, 0.29) is 22.8 Å². The molecule has 5 rings (SSSR count). The van der Waals surface area contributed by atoms with E-state index in [1.54, 1.807) is 55.6 Å². The first kappa shape index (κ1) is 26.9. The lowest BCUT2D eigenvalue weighted by Crippen LogP contribution is -2.14. The number of ether oxygens (including phenoxy) is 1. The quantitative estimate of drug-likeness (QED) is 0.170. The maximum atomic E-state index is 13.1. The number of anilines is 2. The van der Waals surface area contributed by atoms with Gasteiger partial charge in [-0.1, -0.05) is 42.5 Å². The third-order valence-electron chi connectivity index (χ3n) is 5.96. The molecule has 0 saturated carbocycles. The van der Waals surface area contributed by atoms with Crippen molar-refractivity contribution >= 4 is 62.5 Å². The van der Waals surface area contributed by atoms with Gasteiger partial charge >= 0.3 is 5.97 Å². The summed E-state index contributed by atoms with van der Waals surface area (Å²) in [5, 5.41) is 18.7. The van der Waals surface area contributed by atoms with Gasteiger partial charge in [0.2, 0.25) is 5.91 Å². The fourth-order valence-corrected chi connectivity index (χ4v) is 5.61. The minimum atomic E-state index is -1.10. The van der Waals surface area contributed by atoms with Gasteiger partial charge < -0.3 is 20.5 Å². The van der Waals surface area contributed by atoms with Crippen LogP contribution in [0.5, 0.6) is 5.75 Å². The molecular formula is C30H23N3O5S2. The Hall–Kier alpha value is -4.67. The molecule has 0 radical (unpaired) electrons. The van der Waals surface area contributed by atoms with Crippen molar-refractivity contribution in [2.45, 2.75) is 4.90 Å². The van der Waals surface area contributed by atoms with Crippen molar-refractivity contribution in [3.8, 4) is 17.0 Å². The smallest absolute Gasteiger partial charge is 0.336 e. The zero-order chi connectivity index (χ0) is 28.1. The van der Waals surface area contributed by atoms with E-state index >= 15 is 0 Å². The molecular weight excluding hydrogens is 546 g/mol. The van der Waals surface area contributed by atoms with Crippen LogP contribution in [0.25, 0.3) is 22.0 Å². The van der Waals surface area contributed by atoms with Crippen LogP contribution in [-0.2, 0) is 4.79 Å². The number of fused-ring (bicyclic) bond motifs is 1. The zero-order valence-electron chi connectivity index (χ0n) is 21.2. The number of thioether (sulfide) groups is 1. The van der Waals surface area contributed by atoms with E-state index in [0.29, 0.717) is 21.6 Å². The molecule has 0 saturated heterocycles. The number of carboxylic acids is 1. The van der Waals surface area contributed by atoms with Crippen molar-refractivity contribution in [2.24, 2.45) is 0 Å². The maximum absolute atomic E-state index is 13.1. The SMILES string of the molecule is COc1cccc(-c2csc(NC(=O)CSc3cccc(NC(=O)c4cccc5cccc(C(=O)O)c45)c3)n2)c1. The molecule has 5 aromatic rings. The van der Waals surface area contributed by atoms with Crippen molar-refractivity contribution in [1.29, 1.82) is 0 Å². The Kier molecular flexibility index (Phi) is 8.09. The van der Waals surface area contributed by atoms with Crippen LogP contribution < -0.4 is 15.4 Å². The Balaban J connectivity index is 1.22. The Morgan fingerprint density at radius 2 is 1.68 bits per heavy atom. The summed E-state index contributed by atoms with van der Waals surface area (Å²) < 4.78 is 5.26. The van der Waals surface area contributed by atoms with Crippen LogP contribution >= 0.6 is 23.1 Å². The number of carbonyl (C=O) groups excluding carboxylic acids is 2. The lowest BCUT2D eigenvalue weighted by atomic mass is 9.98. The molecule has 10 heteroatoms. The predicted molar refractivity (Wildman–Crippen MR) is 159 cm³/mol. The number of hydrogen-bond acceptors (Lipinski definition) is 7. The Bertz CT molecular complexity index is 1730. The molecule has 0 aliphatic rings. The average molecular weight is 570 g/mol. The van der Waals surface area contributed by atoms with Gasteiger partial charge in [0.25, 0.3) is 5.91 Å². The summed E-state index contributed by atoms with van der Waals surface area (Å²) in [6.45, 7) is 0. The summed E-state index contributed by atoms with van der Waals surface area (Å²) in [5.74, 6) is -0.848. The van der Waals surface area contributed by atoms with Gasteiger partial charge in [-0.15, -0.1) is 23.1 Å². The number of rotatable bonds is 9. The number of carboxylic acid groups (broad SMARTS) is 1. The Labute approximate surface area is 238 Å². The lowest BCUT2D eigenvalue weighted by Gasteiger charge is -2.11. The van der Waals surface area contributed by atoms with Gasteiger partial charge in [-0.05, 0) is 47.9 Å². The molecule has 0 atom stereocenters. The highest BCUT2D eigenvalue weighted by atomic mass is 32.2. The molecule has 3 N–H and O–H groups in total. The standard InChI is InChI=1S/C30H23N3O5S2/c1-38-21-10-2-8-19(14-21)25-16-40-30(32-25)33-26(34)17-39-22-11-5-9-20(15-22)31-28(35)23-12-3-6-18-7-4-13-24(27(18)23)29(36)37/h2-16H,17H2,1H3,(H,31,35)(H,36,37)(H,32,33,34). The summed E-state index contributed by atoms with van der Waals surface area (Å²) in [6.07, 6.45) is 0. The van der Waals surface area contributed by atoms with Crippen molar-refractivity contribution in [2.75, 3.05) is 23.5 Å². The second-order valence-corrected chi connectivity index (χ2v) is 10.5. The molecule has 40 heavy (non-hydrogen) atoms. The van der Waals surface area contributed by atoms with Crippen molar-refractivity contribution < 1.29 is 24.2 Å². The van der Waals surface area contributed by atoms with E-state index in [1.165, 1.54) is 29.2 Å². The third kappa shape index (κ3) is 6.14. The van der Waals surface area contributed by atoms with Gasteiger partial charge in [0.05, 0.1) is 24.1 Å². The molecule has 0 aliphatic heterocycles. The normalized spacial score (nSPS) is 10.7. The average Bonchev–Trinajstić information content (AvgIpc) is 3.44. The first-order chi connectivity index (χ1) is 19.4. The van der Waals surface area contributed by atoms with Gasteiger partial charge in [0.15, 0.2) is 5.13 Å². The van der Waals surface area contributed by atoms with Crippen LogP contribution in [0.15, 0.2) is 95.2 Å². The topological polar surface area (TPSA) is 118 Å². The van der Waals surface area contributed by atoms with Gasteiger partial charge in [-0.25, -0.2) is 9.78 Å². The minimum absolute atomic E-state index is 0.0643. The number of amides is 2. The number of aromatic carboxylic acids is 1. The molecule has 200 valence electrons. The van der Waals surface area contributed by atoms with Crippen LogP contribution in [0.3, 0.4) is 0 Å². The molecule has 4 aromatic carbocycles. The molecule has 0 aliphatic carbocycles. The van der Waals surface area contributed by atoms with Crippen molar-refractivity contribution in [3.63, 3.8) is 0 Å². The van der Waals surface area contributed by atoms with E-state index in [9.17, 15) is 19.5 Å². The monoisotopic (exact) mass is 569 g/mol. The fourth-order valence-electron chi connectivity index (χ4n) is 4.12. The molecule has 8 nitrogen and oxygen atoms in total. The zero-order valence-corrected chi connectivity index (χ0v) is 22.8. The number of thiazole rings is 1. The molecule has 1 heterocycles. The highest BCUT2D eigenvalue weighted by molar-refractivity contribution is 8.00. The van der Waals surface area contributed by atoms with E-state index in [2.05, 4.69) is 15.6 Å². The third-order valence-corrected chi connectivity index (χ3v) is 7.71. The first-order valence-electron chi connectivity index (χ1n) is 12.1. The summed E-state index contributed by atoms with van der Waals surface area (Å²) in [5.41, 5.74) is 2.51. The highest BCUT2D eigenvalue weighted by Crippen LogP contribution is 2.29. The molecule has 0 fully saturated rings. The summed E-state index contributed by atoms with van der Waals surface area (Å²) in [6, 6.07) is 24.7. The van der Waals surface area contributed by atoms with Gasteiger partial charge in [0, 0.05) is 32.5 Å². The predicted octanol–water partition coefficient (Wildman–Crippen LogP) is 6.65. The summed E-state index contributed by atoms with van der Waals surface area (Å²) in [4.78, 5) is 42.8. The number of methoxy groups -OCH3 is 1. The Morgan fingerprint density at radius 1 is 0.925 bits per heavy atom. The van der Waals surface area contributed by atoms with E-state index in [0.717, 1.165) is 21.9 Å². The van der Waals surface area contributed by atoms with Gasteiger partial charge in [-0.3, -0.25) is 9.59 Å². The second kappa shape index (κ2) is 12.0. The first-order valence-corrected chi connectivity index (χ1v) is 14.0. The lowest BCUT2D eigenvalue weighted by molar-refractivity contribution is -0.113. The fraction of sp³-hybridized carbons (Fsp3) is 0.0667. The molecule has 0 spiro atoms. The van der Waals surface area contributed by atoms with Crippen LogP contribution in [-0.4, -0.2) is 40.7 Å². The van der Waals surface area contributed by atoms with Crippen molar-refractivity contribution in [3.05, 3.63) is 101 Å².